The highest BCUT2D eigenvalue weighted by molar-refractivity contribution is 5.82. The van der Waals surface area contributed by atoms with Crippen molar-refractivity contribution in [2.75, 3.05) is 26.7 Å². The molecule has 3 nitrogen and oxygen atoms in total. The van der Waals surface area contributed by atoms with E-state index in [1.165, 1.54) is 18.4 Å². The summed E-state index contributed by atoms with van der Waals surface area (Å²) in [5.41, 5.74) is 1.32. The molecule has 108 valence electrons. The van der Waals surface area contributed by atoms with Crippen LogP contribution in [0.1, 0.15) is 30.7 Å². The molecule has 1 aliphatic heterocycles. The minimum atomic E-state index is 0.226. The molecule has 1 heterocycles. The van der Waals surface area contributed by atoms with Crippen molar-refractivity contribution in [3.8, 4) is 0 Å². The number of nitrogens with zero attached hydrogens (tertiary/aromatic N) is 1. The van der Waals surface area contributed by atoms with Crippen LogP contribution in [0.15, 0.2) is 30.3 Å². The number of hydrogen-bond acceptors (Lipinski definition) is 2. The number of piperidine rings is 1. The normalized spacial score (nSPS) is 26.2. The van der Waals surface area contributed by atoms with Crippen molar-refractivity contribution in [3.63, 3.8) is 0 Å². The van der Waals surface area contributed by atoms with Crippen LogP contribution in [0.25, 0.3) is 0 Å². The van der Waals surface area contributed by atoms with E-state index in [9.17, 15) is 4.79 Å². The molecule has 3 heteroatoms. The second-order valence-electron chi connectivity index (χ2n) is 6.27. The molecule has 0 bridgehead atoms. The molecule has 3 rings (SSSR count). The summed E-state index contributed by atoms with van der Waals surface area (Å²) in [5.74, 6) is 1.71. The van der Waals surface area contributed by atoms with Gasteiger partial charge in [-0.2, -0.15) is 0 Å². The molecule has 20 heavy (non-hydrogen) atoms. The van der Waals surface area contributed by atoms with Gasteiger partial charge in [0.1, 0.15) is 0 Å². The SMILES string of the molecule is CN(CC1CCNCC1)C(=O)C1CC1c1ccccc1. The Kier molecular flexibility index (Phi) is 4.06. The molecule has 2 unspecified atom stereocenters. The number of amides is 1. The van der Waals surface area contributed by atoms with Gasteiger partial charge >= 0.3 is 0 Å². The second kappa shape index (κ2) is 5.96. The average molecular weight is 272 g/mol. The maximum atomic E-state index is 12.5. The Morgan fingerprint density at radius 3 is 2.65 bits per heavy atom. The van der Waals surface area contributed by atoms with E-state index in [1.807, 2.05) is 18.0 Å². The van der Waals surface area contributed by atoms with Gasteiger partial charge in [0.15, 0.2) is 0 Å². The Morgan fingerprint density at radius 2 is 1.95 bits per heavy atom. The van der Waals surface area contributed by atoms with Gasteiger partial charge in [0.05, 0.1) is 0 Å². The number of hydrogen-bond donors (Lipinski definition) is 1. The van der Waals surface area contributed by atoms with Gasteiger partial charge in [-0.25, -0.2) is 0 Å². The summed E-state index contributed by atoms with van der Waals surface area (Å²) < 4.78 is 0. The lowest BCUT2D eigenvalue weighted by Gasteiger charge is -2.27. The van der Waals surface area contributed by atoms with Gasteiger partial charge in [-0.1, -0.05) is 30.3 Å². The van der Waals surface area contributed by atoms with E-state index in [2.05, 4.69) is 29.6 Å². The summed E-state index contributed by atoms with van der Waals surface area (Å²) in [6, 6.07) is 10.4. The number of nitrogens with one attached hydrogen (secondary N) is 1. The Balaban J connectivity index is 1.52. The average Bonchev–Trinajstić information content (AvgIpc) is 3.29. The number of benzene rings is 1. The largest absolute Gasteiger partial charge is 0.345 e. The Hall–Kier alpha value is -1.35. The third kappa shape index (κ3) is 3.04. The molecule has 1 saturated heterocycles. The van der Waals surface area contributed by atoms with Gasteiger partial charge in [0.25, 0.3) is 0 Å². The van der Waals surface area contributed by atoms with Crippen LogP contribution in [-0.2, 0) is 4.79 Å². The molecule has 1 saturated carbocycles. The Labute approximate surface area is 121 Å². The van der Waals surface area contributed by atoms with Crippen LogP contribution in [0.4, 0.5) is 0 Å². The van der Waals surface area contributed by atoms with Crippen molar-refractivity contribution >= 4 is 5.91 Å². The smallest absolute Gasteiger partial charge is 0.226 e. The first-order valence-electron chi connectivity index (χ1n) is 7.76. The first-order chi connectivity index (χ1) is 9.75. The molecule has 1 aromatic carbocycles. The zero-order valence-electron chi connectivity index (χ0n) is 12.2. The first-order valence-corrected chi connectivity index (χ1v) is 7.76. The van der Waals surface area contributed by atoms with E-state index < -0.39 is 0 Å². The Bertz CT molecular complexity index is 453. The Morgan fingerprint density at radius 1 is 1.25 bits per heavy atom. The minimum absolute atomic E-state index is 0.226. The van der Waals surface area contributed by atoms with E-state index in [0.717, 1.165) is 26.1 Å². The topological polar surface area (TPSA) is 32.3 Å². The minimum Gasteiger partial charge on any atom is -0.345 e. The molecule has 1 N–H and O–H groups in total. The van der Waals surface area contributed by atoms with Crippen molar-refractivity contribution in [2.24, 2.45) is 11.8 Å². The summed E-state index contributed by atoms with van der Waals surface area (Å²) in [6.07, 6.45) is 3.42. The molecule has 2 atom stereocenters. The zero-order valence-corrected chi connectivity index (χ0v) is 12.2. The maximum Gasteiger partial charge on any atom is 0.226 e. The highest BCUT2D eigenvalue weighted by atomic mass is 16.2. The number of rotatable bonds is 4. The fourth-order valence-electron chi connectivity index (χ4n) is 3.36. The fraction of sp³-hybridized carbons (Fsp3) is 0.588. The summed E-state index contributed by atoms with van der Waals surface area (Å²) in [5, 5.41) is 3.38. The van der Waals surface area contributed by atoms with Crippen LogP contribution in [0, 0.1) is 11.8 Å². The first kappa shape index (κ1) is 13.6. The molecular weight excluding hydrogens is 248 g/mol. The van der Waals surface area contributed by atoms with Gasteiger partial charge in [0.2, 0.25) is 5.91 Å². The predicted octanol–water partition coefficient (Wildman–Crippen LogP) is 2.25. The van der Waals surface area contributed by atoms with Crippen LogP contribution in [-0.4, -0.2) is 37.5 Å². The molecule has 2 fully saturated rings. The van der Waals surface area contributed by atoms with Crippen LogP contribution >= 0.6 is 0 Å². The second-order valence-corrected chi connectivity index (χ2v) is 6.27. The lowest BCUT2D eigenvalue weighted by atomic mass is 9.97. The molecule has 0 radical (unpaired) electrons. The summed E-state index contributed by atoms with van der Waals surface area (Å²) in [7, 11) is 1.98. The number of carbonyl (C=O) groups is 1. The van der Waals surface area contributed by atoms with Crippen LogP contribution < -0.4 is 5.32 Å². The molecule has 2 aliphatic rings. The molecule has 0 spiro atoms. The highest BCUT2D eigenvalue weighted by Crippen LogP contribution is 2.48. The molecule has 1 aliphatic carbocycles. The van der Waals surface area contributed by atoms with E-state index in [4.69, 9.17) is 0 Å². The lowest BCUT2D eigenvalue weighted by molar-refractivity contribution is -0.132. The van der Waals surface area contributed by atoms with E-state index in [-0.39, 0.29) is 5.92 Å². The monoisotopic (exact) mass is 272 g/mol. The van der Waals surface area contributed by atoms with Gasteiger partial charge in [-0.3, -0.25) is 4.79 Å². The van der Waals surface area contributed by atoms with Gasteiger partial charge in [0, 0.05) is 19.5 Å². The van der Waals surface area contributed by atoms with E-state index in [0.29, 0.717) is 17.7 Å². The van der Waals surface area contributed by atoms with Crippen molar-refractivity contribution in [3.05, 3.63) is 35.9 Å². The van der Waals surface area contributed by atoms with Crippen molar-refractivity contribution < 1.29 is 4.79 Å². The quantitative estimate of drug-likeness (QED) is 0.912. The molecule has 1 aromatic rings. The standard InChI is InChI=1S/C17H24N2O/c1-19(12-13-7-9-18-10-8-13)17(20)16-11-15(16)14-5-3-2-4-6-14/h2-6,13,15-16,18H,7-12H2,1H3. The predicted molar refractivity (Wildman–Crippen MR) is 80.5 cm³/mol. The van der Waals surface area contributed by atoms with E-state index >= 15 is 0 Å². The zero-order chi connectivity index (χ0) is 13.9. The lowest BCUT2D eigenvalue weighted by Crippen LogP contribution is -2.37. The fourth-order valence-corrected chi connectivity index (χ4v) is 3.36. The third-order valence-electron chi connectivity index (χ3n) is 4.70. The van der Waals surface area contributed by atoms with Crippen LogP contribution in [0.5, 0.6) is 0 Å². The van der Waals surface area contributed by atoms with E-state index in [1.54, 1.807) is 0 Å². The summed E-state index contributed by atoms with van der Waals surface area (Å²) in [4.78, 5) is 14.4. The van der Waals surface area contributed by atoms with Gasteiger partial charge in [-0.15, -0.1) is 0 Å². The van der Waals surface area contributed by atoms with Crippen molar-refractivity contribution in [2.45, 2.75) is 25.2 Å². The third-order valence-corrected chi connectivity index (χ3v) is 4.70. The van der Waals surface area contributed by atoms with Gasteiger partial charge in [-0.05, 0) is 49.8 Å². The van der Waals surface area contributed by atoms with Crippen LogP contribution in [0.3, 0.4) is 0 Å². The highest BCUT2D eigenvalue weighted by Gasteiger charge is 2.45. The summed E-state index contributed by atoms with van der Waals surface area (Å²) >= 11 is 0. The van der Waals surface area contributed by atoms with Crippen molar-refractivity contribution in [1.29, 1.82) is 0 Å². The van der Waals surface area contributed by atoms with Crippen LogP contribution in [0.2, 0.25) is 0 Å². The number of carbonyl (C=O) groups excluding carboxylic acids is 1. The van der Waals surface area contributed by atoms with Crippen molar-refractivity contribution in [1.82, 2.24) is 10.2 Å². The molecule has 0 aromatic heterocycles. The molecule has 1 amide bonds. The van der Waals surface area contributed by atoms with Gasteiger partial charge < -0.3 is 10.2 Å². The molecular formula is C17H24N2O. The maximum absolute atomic E-state index is 12.5. The summed E-state index contributed by atoms with van der Waals surface area (Å²) in [6.45, 7) is 3.13.